The first-order valence-corrected chi connectivity index (χ1v) is 18.1. The van der Waals surface area contributed by atoms with Crippen molar-refractivity contribution in [3.05, 3.63) is 71.0 Å². The van der Waals surface area contributed by atoms with E-state index in [9.17, 15) is 38.7 Å². The Balaban J connectivity index is 0.00000841. The zero-order chi connectivity index (χ0) is 41.4. The van der Waals surface area contributed by atoms with Crippen LogP contribution < -0.4 is 37.7 Å². The van der Waals surface area contributed by atoms with Crippen LogP contribution in [0.3, 0.4) is 0 Å². The predicted octanol–water partition coefficient (Wildman–Crippen LogP) is 4.65. The highest BCUT2D eigenvalue weighted by Gasteiger charge is 2.34. The van der Waals surface area contributed by atoms with Gasteiger partial charge in [-0.15, -0.1) is 0 Å². The van der Waals surface area contributed by atoms with E-state index in [0.29, 0.717) is 36.1 Å². The summed E-state index contributed by atoms with van der Waals surface area (Å²) in [4.78, 5) is 92.8. The van der Waals surface area contributed by atoms with Gasteiger partial charge in [-0.2, -0.15) is 5.06 Å². The molecule has 0 unspecified atom stereocenters. The van der Waals surface area contributed by atoms with Crippen LogP contribution in [0.15, 0.2) is 52.9 Å². The van der Waals surface area contributed by atoms with Crippen LogP contribution in [0, 0.1) is 12.8 Å². The second-order valence-electron chi connectivity index (χ2n) is 12.6. The Morgan fingerprint density at radius 2 is 1.60 bits per heavy atom. The first-order chi connectivity index (χ1) is 26.8. The quantitative estimate of drug-likeness (QED) is 0.0296. The van der Waals surface area contributed by atoms with Crippen LogP contribution in [0.5, 0.6) is 11.5 Å². The molecule has 3 aromatic rings. The Morgan fingerprint density at radius 3 is 2.19 bits per heavy atom. The summed E-state index contributed by atoms with van der Waals surface area (Å²) in [5, 5.41) is 26.6. The average Bonchev–Trinajstić information content (AvgIpc) is 3.67. The standard InChI is InChI=1S/C39H48N4O13.2H3N/c1-6-9-10-11-27(30(7-2)43(22-44)56-39(52)26-15-13-25(53-5)18-23(26)4)35(47)40-21-41-37(49)32-17-16-31(55-32)24-12-14-28(33(19-24)54-8-3)36(48)42-29(38(50)51)20-34(45)46;;/h12-19,22,27,29-30H,6-11,20-21H2,1-5H3,(H,40,47)(H,41,49)(H,42,48)(H,45,46)(H,50,51);2*1H3/t27-,29+,30-;;/m1../s1. The van der Waals surface area contributed by atoms with Crippen LogP contribution in [0.4, 0.5) is 0 Å². The number of carboxylic acid groups (broad SMARTS) is 2. The molecule has 0 saturated heterocycles. The largest absolute Gasteiger partial charge is 0.497 e. The number of carbonyl (C=O) groups is 7. The number of rotatable bonds is 23. The van der Waals surface area contributed by atoms with Crippen molar-refractivity contribution in [2.24, 2.45) is 5.92 Å². The minimum Gasteiger partial charge on any atom is -0.497 e. The van der Waals surface area contributed by atoms with E-state index in [4.69, 9.17) is 23.8 Å². The molecular weight excluding hydrogens is 760 g/mol. The Labute approximate surface area is 335 Å². The predicted molar refractivity (Wildman–Crippen MR) is 210 cm³/mol. The highest BCUT2D eigenvalue weighted by molar-refractivity contribution is 6.00. The summed E-state index contributed by atoms with van der Waals surface area (Å²) in [5.74, 6) is -5.76. The second kappa shape index (κ2) is 24.2. The molecule has 0 aliphatic carbocycles. The normalized spacial score (nSPS) is 11.9. The average molecular weight is 815 g/mol. The van der Waals surface area contributed by atoms with Gasteiger partial charge >= 0.3 is 17.9 Å². The van der Waals surface area contributed by atoms with E-state index in [1.165, 1.54) is 43.5 Å². The molecule has 2 aromatic carbocycles. The highest BCUT2D eigenvalue weighted by atomic mass is 16.7. The molecule has 19 nitrogen and oxygen atoms in total. The van der Waals surface area contributed by atoms with Gasteiger partial charge in [0, 0.05) is 5.56 Å². The number of carbonyl (C=O) groups excluding carboxylic acids is 5. The fraction of sp³-hybridized carbons (Fsp3) is 0.410. The van der Waals surface area contributed by atoms with Crippen LogP contribution in [-0.2, 0) is 24.0 Å². The molecule has 3 atom stereocenters. The molecule has 58 heavy (non-hydrogen) atoms. The zero-order valence-electron chi connectivity index (χ0n) is 33.3. The summed E-state index contributed by atoms with van der Waals surface area (Å²) < 4.78 is 16.5. The number of nitrogens with zero attached hydrogens (tertiary/aromatic N) is 1. The molecule has 318 valence electrons. The van der Waals surface area contributed by atoms with Gasteiger partial charge in [0.1, 0.15) is 23.3 Å². The third-order valence-electron chi connectivity index (χ3n) is 8.74. The minimum atomic E-state index is -1.67. The van der Waals surface area contributed by atoms with Crippen molar-refractivity contribution >= 4 is 42.0 Å². The summed E-state index contributed by atoms with van der Waals surface area (Å²) >= 11 is 0. The number of aliphatic carboxylic acids is 2. The Morgan fingerprint density at radius 1 is 0.897 bits per heavy atom. The Kier molecular flexibility index (Phi) is 20.7. The zero-order valence-corrected chi connectivity index (χ0v) is 33.3. The number of ether oxygens (including phenoxy) is 2. The molecule has 1 heterocycles. The van der Waals surface area contributed by atoms with Gasteiger partial charge in [-0.05, 0) is 74.7 Å². The van der Waals surface area contributed by atoms with Gasteiger partial charge in [0.25, 0.3) is 11.8 Å². The molecule has 0 aliphatic heterocycles. The number of methoxy groups -OCH3 is 1. The van der Waals surface area contributed by atoms with Crippen molar-refractivity contribution in [1.29, 1.82) is 0 Å². The third-order valence-corrected chi connectivity index (χ3v) is 8.74. The van der Waals surface area contributed by atoms with Gasteiger partial charge in [-0.25, -0.2) is 9.59 Å². The monoisotopic (exact) mass is 814 g/mol. The molecule has 11 N–H and O–H groups in total. The van der Waals surface area contributed by atoms with Gasteiger partial charge < -0.3 is 57.2 Å². The van der Waals surface area contributed by atoms with Crippen molar-refractivity contribution in [1.82, 2.24) is 33.3 Å². The van der Waals surface area contributed by atoms with E-state index in [-0.39, 0.29) is 60.4 Å². The summed E-state index contributed by atoms with van der Waals surface area (Å²) in [6.45, 7) is 6.99. The lowest BCUT2D eigenvalue weighted by Gasteiger charge is -2.32. The van der Waals surface area contributed by atoms with E-state index in [2.05, 4.69) is 16.0 Å². The molecule has 0 bridgehead atoms. The van der Waals surface area contributed by atoms with Gasteiger partial charge in [0.05, 0.1) is 49.9 Å². The number of benzene rings is 2. The van der Waals surface area contributed by atoms with Crippen molar-refractivity contribution in [2.45, 2.75) is 78.3 Å². The van der Waals surface area contributed by atoms with Crippen molar-refractivity contribution in [3.63, 3.8) is 0 Å². The van der Waals surface area contributed by atoms with E-state index in [1.54, 1.807) is 32.9 Å². The van der Waals surface area contributed by atoms with Gasteiger partial charge in [0.2, 0.25) is 12.3 Å². The summed E-state index contributed by atoms with van der Waals surface area (Å²) in [6.07, 6.45) is 2.57. The van der Waals surface area contributed by atoms with E-state index < -0.39 is 60.1 Å². The lowest BCUT2D eigenvalue weighted by molar-refractivity contribution is -0.171. The van der Waals surface area contributed by atoms with Gasteiger partial charge in [-0.1, -0.05) is 39.2 Å². The first-order valence-electron chi connectivity index (χ1n) is 18.1. The van der Waals surface area contributed by atoms with Gasteiger partial charge in [0.15, 0.2) is 5.76 Å². The molecule has 3 rings (SSSR count). The number of nitrogens with one attached hydrogen (secondary N) is 3. The molecule has 0 radical (unpaired) electrons. The van der Waals surface area contributed by atoms with Crippen LogP contribution in [0.2, 0.25) is 0 Å². The number of hydrogen-bond donors (Lipinski definition) is 7. The van der Waals surface area contributed by atoms with Crippen LogP contribution in [0.25, 0.3) is 11.3 Å². The van der Waals surface area contributed by atoms with Crippen LogP contribution >= 0.6 is 0 Å². The lowest BCUT2D eigenvalue weighted by atomic mass is 9.90. The number of amides is 4. The van der Waals surface area contributed by atoms with E-state index in [1.807, 2.05) is 6.92 Å². The number of furan rings is 1. The van der Waals surface area contributed by atoms with Crippen molar-refractivity contribution in [3.8, 4) is 22.8 Å². The molecule has 19 heteroatoms. The number of hydrogen-bond acceptors (Lipinski definition) is 13. The summed E-state index contributed by atoms with van der Waals surface area (Å²) in [7, 11) is 1.50. The SMILES string of the molecule is CCCCC[C@@H](C(=O)NCNC(=O)c1ccc(-c2ccc(C(=O)N[C@@H](CC(=O)O)C(=O)O)c(OCC)c2)o1)[C@@H](CC)N(C=O)OC(=O)c1ccc(OC)cc1C.N.N. The fourth-order valence-electron chi connectivity index (χ4n) is 5.85. The third kappa shape index (κ3) is 13.6. The molecule has 0 saturated carbocycles. The first kappa shape index (κ1) is 49.5. The van der Waals surface area contributed by atoms with E-state index >= 15 is 0 Å². The molecule has 0 fully saturated rings. The molecule has 0 spiro atoms. The minimum absolute atomic E-state index is 0. The summed E-state index contributed by atoms with van der Waals surface area (Å²) in [6, 6.07) is 9.48. The van der Waals surface area contributed by atoms with Crippen LogP contribution in [-0.4, -0.2) is 89.8 Å². The maximum atomic E-state index is 13.6. The fourth-order valence-corrected chi connectivity index (χ4v) is 5.85. The van der Waals surface area contributed by atoms with Crippen molar-refractivity contribution in [2.75, 3.05) is 20.4 Å². The van der Waals surface area contributed by atoms with Crippen LogP contribution in [0.1, 0.15) is 96.1 Å². The van der Waals surface area contributed by atoms with Crippen molar-refractivity contribution < 1.29 is 62.5 Å². The van der Waals surface area contributed by atoms with E-state index in [0.717, 1.165) is 17.9 Å². The van der Waals surface area contributed by atoms with Gasteiger partial charge in [-0.3, -0.25) is 24.0 Å². The molecule has 1 aromatic heterocycles. The number of hydroxylamine groups is 2. The Hall–Kier alpha value is -6.47. The molecule has 4 amide bonds. The molecule has 0 aliphatic rings. The number of carboxylic acids is 2. The topological polar surface area (TPSA) is 310 Å². The Bertz CT molecular complexity index is 1880. The number of unbranched alkanes of at least 4 members (excludes halogenated alkanes) is 2. The number of aryl methyl sites for hydroxylation is 1. The second-order valence-corrected chi connectivity index (χ2v) is 12.6. The summed E-state index contributed by atoms with van der Waals surface area (Å²) in [5.41, 5.74) is 1.16. The maximum Gasteiger partial charge on any atom is 0.363 e. The lowest BCUT2D eigenvalue weighted by Crippen LogP contribution is -2.49. The maximum absolute atomic E-state index is 13.6. The highest BCUT2D eigenvalue weighted by Crippen LogP contribution is 2.30. The molecular formula is C39H54N6O13. The smallest absolute Gasteiger partial charge is 0.363 e.